The number of halogens is 1. The highest BCUT2D eigenvalue weighted by molar-refractivity contribution is 6.35. The number of aryl methyl sites for hydroxylation is 2. The van der Waals surface area contributed by atoms with Gasteiger partial charge in [-0.05, 0) is 72.9 Å². The Kier molecular flexibility index (Phi) is 6.43. The van der Waals surface area contributed by atoms with Crippen LogP contribution in [0.3, 0.4) is 0 Å². The summed E-state index contributed by atoms with van der Waals surface area (Å²) in [6.07, 6.45) is 1.75. The van der Waals surface area contributed by atoms with Crippen molar-refractivity contribution < 1.29 is 9.59 Å². The van der Waals surface area contributed by atoms with Crippen molar-refractivity contribution in [2.75, 3.05) is 19.6 Å². The van der Waals surface area contributed by atoms with Gasteiger partial charge in [0, 0.05) is 24.7 Å². The highest BCUT2D eigenvalue weighted by Crippen LogP contribution is 2.35. The number of rotatable bonds is 5. The van der Waals surface area contributed by atoms with E-state index in [2.05, 4.69) is 25.7 Å². The molecule has 0 bridgehead atoms. The van der Waals surface area contributed by atoms with E-state index in [4.69, 9.17) is 11.6 Å². The van der Waals surface area contributed by atoms with Crippen molar-refractivity contribution in [1.82, 2.24) is 9.80 Å². The minimum atomic E-state index is -0.187. The van der Waals surface area contributed by atoms with Crippen molar-refractivity contribution in [2.45, 2.75) is 40.5 Å². The number of imide groups is 1. The van der Waals surface area contributed by atoms with Gasteiger partial charge in [-0.25, -0.2) is 0 Å². The van der Waals surface area contributed by atoms with E-state index in [1.54, 1.807) is 0 Å². The van der Waals surface area contributed by atoms with Crippen molar-refractivity contribution in [2.24, 2.45) is 11.8 Å². The summed E-state index contributed by atoms with van der Waals surface area (Å²) >= 11 is 5.99. The molecule has 32 heavy (non-hydrogen) atoms. The fraction of sp³-hybridized carbons (Fsp3) is 0.407. The second-order valence-corrected chi connectivity index (χ2v) is 9.95. The summed E-state index contributed by atoms with van der Waals surface area (Å²) in [6, 6.07) is 13.6. The molecule has 2 aromatic carbocycles. The Labute approximate surface area is 195 Å². The molecule has 0 N–H and O–H groups in total. The maximum atomic E-state index is 13.6. The second kappa shape index (κ2) is 9.11. The zero-order valence-corrected chi connectivity index (χ0v) is 20.1. The van der Waals surface area contributed by atoms with E-state index in [-0.39, 0.29) is 11.8 Å². The number of likely N-dealkylation sites (tertiary alicyclic amines) is 1. The van der Waals surface area contributed by atoms with Gasteiger partial charge in [0.2, 0.25) is 0 Å². The molecule has 1 saturated heterocycles. The van der Waals surface area contributed by atoms with Crippen LogP contribution in [0.2, 0.25) is 5.02 Å². The lowest BCUT2D eigenvalue weighted by molar-refractivity contribution is -0.137. The van der Waals surface area contributed by atoms with E-state index >= 15 is 0 Å². The standard InChI is InChI=1S/C27H31ClN2O2/c1-17-13-18(2)16-29(15-17)25-24(22-8-5-19(3)20(4)14-22)26(31)30(27(25)32)12-11-21-6-9-23(28)10-7-21/h5-10,14,17-18H,11-13,15-16H2,1-4H3. The molecule has 0 radical (unpaired) electrons. The third-order valence-corrected chi connectivity index (χ3v) is 6.91. The van der Waals surface area contributed by atoms with Crippen LogP contribution in [0.4, 0.5) is 0 Å². The summed E-state index contributed by atoms with van der Waals surface area (Å²) in [5.74, 6) is 0.614. The quantitative estimate of drug-likeness (QED) is 0.583. The first kappa shape index (κ1) is 22.6. The Balaban J connectivity index is 1.69. The average molecular weight is 451 g/mol. The lowest BCUT2D eigenvalue weighted by Crippen LogP contribution is -2.42. The van der Waals surface area contributed by atoms with Gasteiger partial charge >= 0.3 is 0 Å². The summed E-state index contributed by atoms with van der Waals surface area (Å²) in [6.45, 7) is 10.5. The Bertz CT molecular complexity index is 1060. The Morgan fingerprint density at radius 1 is 0.906 bits per heavy atom. The fourth-order valence-electron chi connectivity index (χ4n) is 4.95. The molecule has 2 atom stereocenters. The van der Waals surface area contributed by atoms with Crippen LogP contribution in [0.25, 0.3) is 5.57 Å². The lowest BCUT2D eigenvalue weighted by Gasteiger charge is -2.37. The first-order valence-electron chi connectivity index (χ1n) is 11.4. The third-order valence-electron chi connectivity index (χ3n) is 6.66. The molecule has 2 unspecified atom stereocenters. The molecule has 2 aromatic rings. The van der Waals surface area contributed by atoms with E-state index in [9.17, 15) is 9.59 Å². The molecule has 2 amide bonds. The lowest BCUT2D eigenvalue weighted by atomic mass is 9.90. The molecule has 168 valence electrons. The van der Waals surface area contributed by atoms with Gasteiger partial charge < -0.3 is 4.90 Å². The van der Waals surface area contributed by atoms with Crippen LogP contribution in [0, 0.1) is 25.7 Å². The van der Waals surface area contributed by atoms with Crippen molar-refractivity contribution >= 4 is 29.0 Å². The monoisotopic (exact) mass is 450 g/mol. The summed E-state index contributed by atoms with van der Waals surface area (Å²) in [5, 5.41) is 0.677. The molecule has 0 aliphatic carbocycles. The molecule has 0 spiro atoms. The molecule has 2 heterocycles. The van der Waals surface area contributed by atoms with Crippen molar-refractivity contribution in [1.29, 1.82) is 0 Å². The van der Waals surface area contributed by atoms with Gasteiger partial charge in [0.05, 0.1) is 5.57 Å². The van der Waals surface area contributed by atoms with Gasteiger partial charge in [0.15, 0.2) is 0 Å². The van der Waals surface area contributed by atoms with E-state index < -0.39 is 0 Å². The van der Waals surface area contributed by atoms with Gasteiger partial charge in [0.1, 0.15) is 5.70 Å². The zero-order valence-electron chi connectivity index (χ0n) is 19.3. The summed E-state index contributed by atoms with van der Waals surface area (Å²) in [4.78, 5) is 30.8. The summed E-state index contributed by atoms with van der Waals surface area (Å²) in [7, 11) is 0. The molecular formula is C27H31ClN2O2. The molecule has 0 saturated carbocycles. The van der Waals surface area contributed by atoms with Crippen LogP contribution in [0.15, 0.2) is 48.2 Å². The first-order chi connectivity index (χ1) is 15.2. The van der Waals surface area contributed by atoms with E-state index in [0.29, 0.717) is 41.1 Å². The smallest absolute Gasteiger partial charge is 0.277 e. The van der Waals surface area contributed by atoms with E-state index in [1.165, 1.54) is 10.5 Å². The van der Waals surface area contributed by atoms with Crippen molar-refractivity contribution in [3.63, 3.8) is 0 Å². The fourth-order valence-corrected chi connectivity index (χ4v) is 5.08. The molecule has 1 fully saturated rings. The number of carbonyl (C=O) groups is 2. The topological polar surface area (TPSA) is 40.6 Å². The second-order valence-electron chi connectivity index (χ2n) is 9.51. The van der Waals surface area contributed by atoms with Crippen LogP contribution in [-0.4, -0.2) is 41.2 Å². The van der Waals surface area contributed by atoms with Crippen LogP contribution in [0.1, 0.15) is 42.5 Å². The van der Waals surface area contributed by atoms with E-state index in [1.807, 2.05) is 49.4 Å². The third kappa shape index (κ3) is 4.47. The minimum absolute atomic E-state index is 0.168. The SMILES string of the molecule is Cc1ccc(C2=C(N3CC(C)CC(C)C3)C(=O)N(CCc3ccc(Cl)cc3)C2=O)cc1C. The predicted molar refractivity (Wildman–Crippen MR) is 129 cm³/mol. The van der Waals surface area contributed by atoms with Gasteiger partial charge in [0.25, 0.3) is 11.8 Å². The number of nitrogens with zero attached hydrogens (tertiary/aromatic N) is 2. The van der Waals surface area contributed by atoms with Crippen molar-refractivity contribution in [3.05, 3.63) is 75.4 Å². The largest absolute Gasteiger partial charge is 0.366 e. The Hall–Kier alpha value is -2.59. The number of carbonyl (C=O) groups excluding carboxylic acids is 2. The predicted octanol–water partition coefficient (Wildman–Crippen LogP) is 5.26. The molecule has 5 heteroatoms. The van der Waals surface area contributed by atoms with Gasteiger partial charge in [-0.2, -0.15) is 0 Å². The van der Waals surface area contributed by atoms with Gasteiger partial charge in [-0.1, -0.05) is 55.8 Å². The average Bonchev–Trinajstić information content (AvgIpc) is 2.99. The van der Waals surface area contributed by atoms with Gasteiger partial charge in [-0.15, -0.1) is 0 Å². The molecule has 4 rings (SSSR count). The number of amides is 2. The molecular weight excluding hydrogens is 420 g/mol. The van der Waals surface area contributed by atoms with Crippen LogP contribution in [-0.2, 0) is 16.0 Å². The van der Waals surface area contributed by atoms with Crippen LogP contribution in [0.5, 0.6) is 0 Å². The Morgan fingerprint density at radius 3 is 2.19 bits per heavy atom. The normalized spacial score (nSPS) is 21.7. The molecule has 2 aliphatic heterocycles. The van der Waals surface area contributed by atoms with Crippen LogP contribution < -0.4 is 0 Å². The highest BCUT2D eigenvalue weighted by Gasteiger charge is 2.42. The van der Waals surface area contributed by atoms with E-state index in [0.717, 1.165) is 36.2 Å². The van der Waals surface area contributed by atoms with Crippen molar-refractivity contribution in [3.8, 4) is 0 Å². The minimum Gasteiger partial charge on any atom is -0.366 e. The maximum Gasteiger partial charge on any atom is 0.277 e. The number of benzene rings is 2. The summed E-state index contributed by atoms with van der Waals surface area (Å²) < 4.78 is 0. The number of piperidine rings is 1. The first-order valence-corrected chi connectivity index (χ1v) is 11.8. The molecule has 4 nitrogen and oxygen atoms in total. The molecule has 2 aliphatic rings. The zero-order chi connectivity index (χ0) is 23.0. The maximum absolute atomic E-state index is 13.6. The van der Waals surface area contributed by atoms with Gasteiger partial charge in [-0.3, -0.25) is 14.5 Å². The summed E-state index contributed by atoms with van der Waals surface area (Å²) in [5.41, 5.74) is 5.31. The Morgan fingerprint density at radius 2 is 1.56 bits per heavy atom. The number of hydrogen-bond donors (Lipinski definition) is 0. The van der Waals surface area contributed by atoms with Crippen LogP contribution >= 0.6 is 11.6 Å². The highest BCUT2D eigenvalue weighted by atomic mass is 35.5. The number of hydrogen-bond acceptors (Lipinski definition) is 3. The molecule has 0 aromatic heterocycles.